The van der Waals surface area contributed by atoms with E-state index >= 15 is 0 Å². The molecule has 5 rings (SSSR count). The zero-order chi connectivity index (χ0) is 26.7. The van der Waals surface area contributed by atoms with Crippen LogP contribution >= 0.6 is 0 Å². The van der Waals surface area contributed by atoms with E-state index in [-0.39, 0.29) is 35.3 Å². The Morgan fingerprint density at radius 3 is 2.34 bits per heavy atom. The van der Waals surface area contributed by atoms with Crippen molar-refractivity contribution < 1.29 is 32.2 Å². The SMILES string of the molecule is O=C(NC(CCN1CC2CN(C(=O)c3ccccc3OC(F)(F)F)C[C@@H]2C1)c1ccccc1)C1CCOC1. The fourth-order valence-electron chi connectivity index (χ4n) is 5.82. The van der Waals surface area contributed by atoms with Crippen LogP contribution in [0.1, 0.15) is 34.8 Å². The lowest BCUT2D eigenvalue weighted by Crippen LogP contribution is -2.37. The number of para-hydroxylation sites is 1. The molecule has 10 heteroatoms. The largest absolute Gasteiger partial charge is 0.573 e. The lowest BCUT2D eigenvalue weighted by molar-refractivity contribution is -0.274. The topological polar surface area (TPSA) is 71.1 Å². The number of hydrogen-bond acceptors (Lipinski definition) is 5. The second-order valence-electron chi connectivity index (χ2n) is 10.4. The van der Waals surface area contributed by atoms with E-state index in [1.54, 1.807) is 4.90 Å². The number of rotatable bonds is 8. The number of alkyl halides is 3. The van der Waals surface area contributed by atoms with Crippen LogP contribution in [0.4, 0.5) is 13.2 Å². The number of likely N-dealkylation sites (tertiary alicyclic amines) is 2. The molecule has 4 atom stereocenters. The van der Waals surface area contributed by atoms with E-state index in [9.17, 15) is 22.8 Å². The minimum Gasteiger partial charge on any atom is -0.405 e. The van der Waals surface area contributed by atoms with E-state index in [0.29, 0.717) is 26.3 Å². The Morgan fingerprint density at radius 1 is 1.00 bits per heavy atom. The number of nitrogens with one attached hydrogen (secondary N) is 1. The van der Waals surface area contributed by atoms with E-state index < -0.39 is 18.0 Å². The monoisotopic (exact) mass is 531 g/mol. The predicted molar refractivity (Wildman–Crippen MR) is 133 cm³/mol. The smallest absolute Gasteiger partial charge is 0.405 e. The van der Waals surface area contributed by atoms with E-state index in [0.717, 1.165) is 38.0 Å². The molecule has 3 aliphatic rings. The summed E-state index contributed by atoms with van der Waals surface area (Å²) in [4.78, 5) is 29.9. The molecule has 3 saturated heterocycles. The highest BCUT2D eigenvalue weighted by atomic mass is 19.4. The molecule has 3 unspecified atom stereocenters. The van der Waals surface area contributed by atoms with Gasteiger partial charge < -0.3 is 24.6 Å². The van der Waals surface area contributed by atoms with Gasteiger partial charge in [-0.05, 0) is 42.4 Å². The number of amides is 2. The van der Waals surface area contributed by atoms with E-state index in [2.05, 4.69) is 15.0 Å². The van der Waals surface area contributed by atoms with Gasteiger partial charge in [0.1, 0.15) is 5.75 Å². The Hall–Kier alpha value is -3.11. The summed E-state index contributed by atoms with van der Waals surface area (Å²) >= 11 is 0. The minimum atomic E-state index is -4.86. The predicted octanol–water partition coefficient (Wildman–Crippen LogP) is 3.87. The van der Waals surface area contributed by atoms with Gasteiger partial charge in [0.05, 0.1) is 24.1 Å². The van der Waals surface area contributed by atoms with Gasteiger partial charge in [-0.1, -0.05) is 42.5 Å². The fraction of sp³-hybridized carbons (Fsp3) is 0.500. The van der Waals surface area contributed by atoms with Gasteiger partial charge in [-0.15, -0.1) is 13.2 Å². The van der Waals surface area contributed by atoms with Crippen LogP contribution < -0.4 is 10.1 Å². The van der Waals surface area contributed by atoms with Crippen molar-refractivity contribution in [2.75, 3.05) is 45.9 Å². The first-order chi connectivity index (χ1) is 18.3. The second kappa shape index (κ2) is 11.3. The molecule has 0 aliphatic carbocycles. The maximum atomic E-state index is 13.1. The zero-order valence-electron chi connectivity index (χ0n) is 21.0. The van der Waals surface area contributed by atoms with Gasteiger partial charge >= 0.3 is 6.36 Å². The van der Waals surface area contributed by atoms with Gasteiger partial charge in [-0.3, -0.25) is 9.59 Å². The third-order valence-corrected chi connectivity index (χ3v) is 7.75. The molecule has 3 fully saturated rings. The molecular formula is C28H32F3N3O4. The summed E-state index contributed by atoms with van der Waals surface area (Å²) in [6.07, 6.45) is -3.36. The summed E-state index contributed by atoms with van der Waals surface area (Å²) in [7, 11) is 0. The number of carbonyl (C=O) groups is 2. The van der Waals surface area contributed by atoms with Crippen LogP contribution in [0, 0.1) is 17.8 Å². The van der Waals surface area contributed by atoms with Gasteiger partial charge in [-0.25, -0.2) is 0 Å². The molecule has 3 heterocycles. The molecule has 0 aromatic heterocycles. The van der Waals surface area contributed by atoms with E-state index in [1.807, 2.05) is 30.3 Å². The summed E-state index contributed by atoms with van der Waals surface area (Å²) in [6, 6.07) is 15.3. The average Bonchev–Trinajstić information content (AvgIpc) is 3.63. The molecule has 2 aromatic carbocycles. The summed E-state index contributed by atoms with van der Waals surface area (Å²) in [5, 5.41) is 3.22. The Bertz CT molecular complexity index is 1110. The molecule has 7 nitrogen and oxygen atoms in total. The van der Waals surface area contributed by atoms with E-state index in [4.69, 9.17) is 4.74 Å². The van der Waals surface area contributed by atoms with Gasteiger partial charge in [0.15, 0.2) is 0 Å². The molecule has 0 spiro atoms. The first-order valence-electron chi connectivity index (χ1n) is 13.1. The first-order valence-corrected chi connectivity index (χ1v) is 13.1. The van der Waals surface area contributed by atoms with Crippen molar-refractivity contribution in [3.63, 3.8) is 0 Å². The Kier molecular flexibility index (Phi) is 7.90. The van der Waals surface area contributed by atoms with Gasteiger partial charge in [0.25, 0.3) is 5.91 Å². The molecule has 0 bridgehead atoms. The average molecular weight is 532 g/mol. The Labute approximate surface area is 219 Å². The van der Waals surface area contributed by atoms with E-state index in [1.165, 1.54) is 24.3 Å². The number of carbonyl (C=O) groups excluding carboxylic acids is 2. The third kappa shape index (κ3) is 6.30. The molecule has 1 N–H and O–H groups in total. The lowest BCUT2D eigenvalue weighted by atomic mass is 10.0. The van der Waals surface area contributed by atoms with Gasteiger partial charge in [0.2, 0.25) is 5.91 Å². The van der Waals surface area contributed by atoms with Crippen molar-refractivity contribution in [3.05, 3.63) is 65.7 Å². The molecule has 2 aromatic rings. The van der Waals surface area contributed by atoms with Crippen molar-refractivity contribution in [2.45, 2.75) is 25.2 Å². The third-order valence-electron chi connectivity index (χ3n) is 7.75. The van der Waals surface area contributed by atoms with Crippen molar-refractivity contribution in [1.82, 2.24) is 15.1 Å². The van der Waals surface area contributed by atoms with Crippen LogP contribution in [0.15, 0.2) is 54.6 Å². The maximum Gasteiger partial charge on any atom is 0.573 e. The number of fused-ring (bicyclic) bond motifs is 1. The quantitative estimate of drug-likeness (QED) is 0.560. The van der Waals surface area contributed by atoms with Crippen LogP contribution in [0.3, 0.4) is 0 Å². The summed E-state index contributed by atoms with van der Waals surface area (Å²) in [6.45, 7) is 4.49. The van der Waals surface area contributed by atoms with Crippen LogP contribution in [0.2, 0.25) is 0 Å². The Morgan fingerprint density at radius 2 is 1.68 bits per heavy atom. The fourth-order valence-corrected chi connectivity index (χ4v) is 5.82. The summed E-state index contributed by atoms with van der Waals surface area (Å²) in [5.41, 5.74) is 0.992. The number of halogens is 3. The van der Waals surface area contributed by atoms with Crippen LogP contribution in [0.5, 0.6) is 5.75 Å². The van der Waals surface area contributed by atoms with Crippen LogP contribution in [-0.2, 0) is 9.53 Å². The molecule has 38 heavy (non-hydrogen) atoms. The second-order valence-corrected chi connectivity index (χ2v) is 10.4. The van der Waals surface area contributed by atoms with Crippen molar-refractivity contribution in [2.24, 2.45) is 17.8 Å². The highest BCUT2D eigenvalue weighted by Crippen LogP contribution is 2.34. The van der Waals surface area contributed by atoms with Crippen molar-refractivity contribution >= 4 is 11.8 Å². The number of ether oxygens (including phenoxy) is 2. The minimum absolute atomic E-state index is 0.0265. The number of benzene rings is 2. The maximum absolute atomic E-state index is 13.1. The molecular weight excluding hydrogens is 499 g/mol. The molecule has 3 aliphatic heterocycles. The van der Waals surface area contributed by atoms with Crippen LogP contribution in [0.25, 0.3) is 0 Å². The normalized spacial score (nSPS) is 24.3. The molecule has 204 valence electrons. The van der Waals surface area contributed by atoms with Crippen LogP contribution in [-0.4, -0.2) is 73.9 Å². The molecule has 2 amide bonds. The molecule has 0 radical (unpaired) electrons. The lowest BCUT2D eigenvalue weighted by Gasteiger charge is -2.26. The molecule has 0 saturated carbocycles. The Balaban J connectivity index is 1.16. The number of nitrogens with zero attached hydrogens (tertiary/aromatic N) is 2. The summed E-state index contributed by atoms with van der Waals surface area (Å²) < 4.78 is 47.9. The van der Waals surface area contributed by atoms with Crippen molar-refractivity contribution in [1.29, 1.82) is 0 Å². The first kappa shape index (κ1) is 26.5. The summed E-state index contributed by atoms with van der Waals surface area (Å²) in [5.74, 6) is -0.471. The van der Waals surface area contributed by atoms with Gasteiger partial charge in [0, 0.05) is 39.3 Å². The zero-order valence-corrected chi connectivity index (χ0v) is 21.0. The highest BCUT2D eigenvalue weighted by Gasteiger charge is 2.42. The number of hydrogen-bond donors (Lipinski definition) is 1. The standard InChI is InChI=1S/C28H32F3N3O4/c29-28(30,31)38-25-9-5-4-8-23(25)27(36)34-16-21-14-33(15-22(21)17-34)12-10-24(19-6-2-1-3-7-19)32-26(35)20-11-13-37-18-20/h1-9,20-22,24H,10-18H2,(H,32,35)/t20?,21-,22?,24?/m0/s1. The van der Waals surface area contributed by atoms with Crippen molar-refractivity contribution in [3.8, 4) is 5.75 Å². The highest BCUT2D eigenvalue weighted by molar-refractivity contribution is 5.97. The van der Waals surface area contributed by atoms with Gasteiger partial charge in [-0.2, -0.15) is 0 Å².